The second-order valence-electron chi connectivity index (χ2n) is 14.2. The van der Waals surface area contributed by atoms with Gasteiger partial charge >= 0.3 is 0 Å². The molecule has 9 aromatic rings. The molecule has 1 aliphatic rings. The third-order valence-electron chi connectivity index (χ3n) is 10.6. The lowest BCUT2D eigenvalue weighted by Gasteiger charge is -2.22. The summed E-state index contributed by atoms with van der Waals surface area (Å²) in [5, 5.41) is 3.20. The van der Waals surface area contributed by atoms with Crippen molar-refractivity contribution in [1.82, 2.24) is 24.9 Å². The van der Waals surface area contributed by atoms with E-state index >= 15 is 0 Å². The van der Waals surface area contributed by atoms with Crippen molar-refractivity contribution in [3.8, 4) is 67.7 Å². The van der Waals surface area contributed by atoms with E-state index in [0.717, 1.165) is 60.8 Å². The molecule has 5 heteroatoms. The first-order valence-corrected chi connectivity index (χ1v) is 17.9. The van der Waals surface area contributed by atoms with Gasteiger partial charge in [-0.05, 0) is 75.2 Å². The third kappa shape index (κ3) is 5.20. The summed E-state index contributed by atoms with van der Waals surface area (Å²) in [6.45, 7) is 4.64. The Morgan fingerprint density at radius 2 is 1.00 bits per heavy atom. The van der Waals surface area contributed by atoms with E-state index in [1.165, 1.54) is 22.3 Å². The summed E-state index contributed by atoms with van der Waals surface area (Å²) in [5.41, 5.74) is 12.8. The van der Waals surface area contributed by atoms with Crippen LogP contribution in [0.1, 0.15) is 25.0 Å². The quantitative estimate of drug-likeness (QED) is 0.169. The molecule has 0 N–H and O–H groups in total. The first-order chi connectivity index (χ1) is 26.0. The Morgan fingerprint density at radius 1 is 0.396 bits per heavy atom. The highest BCUT2D eigenvalue weighted by molar-refractivity contribution is 6.10. The van der Waals surface area contributed by atoms with Gasteiger partial charge in [0.25, 0.3) is 0 Å². The van der Waals surface area contributed by atoms with Crippen LogP contribution in [0.3, 0.4) is 0 Å². The van der Waals surface area contributed by atoms with Gasteiger partial charge in [-0.25, -0.2) is 19.9 Å². The van der Waals surface area contributed by atoms with Crippen LogP contribution in [0.2, 0.25) is 0 Å². The summed E-state index contributed by atoms with van der Waals surface area (Å²) < 4.78 is 0. The highest BCUT2D eigenvalue weighted by Gasteiger charge is 2.35. The number of hydrogen-bond donors (Lipinski definition) is 0. The van der Waals surface area contributed by atoms with E-state index in [1.807, 2.05) is 79.1 Å². The second-order valence-corrected chi connectivity index (χ2v) is 14.2. The van der Waals surface area contributed by atoms with E-state index in [4.69, 9.17) is 19.9 Å². The second kappa shape index (κ2) is 12.1. The van der Waals surface area contributed by atoms with Crippen molar-refractivity contribution in [2.45, 2.75) is 19.3 Å². The predicted octanol–water partition coefficient (Wildman–Crippen LogP) is 11.6. The molecule has 6 aromatic carbocycles. The van der Waals surface area contributed by atoms with Crippen molar-refractivity contribution < 1.29 is 0 Å². The van der Waals surface area contributed by atoms with Crippen LogP contribution in [-0.2, 0) is 5.41 Å². The summed E-state index contributed by atoms with van der Waals surface area (Å²) in [5.74, 6) is 1.84. The van der Waals surface area contributed by atoms with Gasteiger partial charge in [0.15, 0.2) is 17.5 Å². The summed E-state index contributed by atoms with van der Waals surface area (Å²) in [6.07, 6.45) is 3.78. The van der Waals surface area contributed by atoms with Gasteiger partial charge in [-0.15, -0.1) is 0 Å². The zero-order valence-corrected chi connectivity index (χ0v) is 29.3. The molecular weight excluding hydrogens is 647 g/mol. The maximum Gasteiger partial charge on any atom is 0.164 e. The zero-order valence-electron chi connectivity index (χ0n) is 29.3. The predicted molar refractivity (Wildman–Crippen MR) is 215 cm³/mol. The summed E-state index contributed by atoms with van der Waals surface area (Å²) in [7, 11) is 0. The van der Waals surface area contributed by atoms with Crippen molar-refractivity contribution in [3.63, 3.8) is 0 Å². The monoisotopic (exact) mass is 679 g/mol. The van der Waals surface area contributed by atoms with Gasteiger partial charge in [-0.3, -0.25) is 4.98 Å². The normalized spacial score (nSPS) is 12.9. The summed E-state index contributed by atoms with van der Waals surface area (Å²) in [6, 6.07) is 52.9. The number of nitrogens with zero attached hydrogens (tertiary/aromatic N) is 5. The molecule has 1 aliphatic carbocycles. The molecule has 5 nitrogen and oxygen atoms in total. The highest BCUT2D eigenvalue weighted by atomic mass is 15.0. The van der Waals surface area contributed by atoms with Gasteiger partial charge in [0.05, 0.1) is 11.2 Å². The van der Waals surface area contributed by atoms with Crippen molar-refractivity contribution in [1.29, 1.82) is 0 Å². The fourth-order valence-corrected chi connectivity index (χ4v) is 7.90. The zero-order chi connectivity index (χ0) is 35.5. The molecule has 3 aromatic heterocycles. The van der Waals surface area contributed by atoms with Gasteiger partial charge in [0.2, 0.25) is 0 Å². The molecule has 0 fully saturated rings. The fraction of sp³-hybridized carbons (Fsp3) is 0.0625. The number of benzene rings is 6. The lowest BCUT2D eigenvalue weighted by Crippen LogP contribution is -2.14. The maximum absolute atomic E-state index is 5.29. The molecular formula is C48H33N5. The third-order valence-corrected chi connectivity index (χ3v) is 10.6. The minimum absolute atomic E-state index is 0.131. The molecule has 0 bridgehead atoms. The van der Waals surface area contributed by atoms with E-state index in [1.54, 1.807) is 0 Å². The molecule has 53 heavy (non-hydrogen) atoms. The van der Waals surface area contributed by atoms with Crippen LogP contribution in [0.15, 0.2) is 164 Å². The maximum atomic E-state index is 5.29. The van der Waals surface area contributed by atoms with Crippen LogP contribution in [0, 0.1) is 0 Å². The van der Waals surface area contributed by atoms with E-state index in [9.17, 15) is 0 Å². The molecule has 0 unspecified atom stereocenters. The van der Waals surface area contributed by atoms with Gasteiger partial charge in [0, 0.05) is 50.8 Å². The number of hydrogen-bond acceptors (Lipinski definition) is 5. The molecule has 0 spiro atoms. The van der Waals surface area contributed by atoms with Crippen LogP contribution in [-0.4, -0.2) is 24.9 Å². The number of rotatable bonds is 5. The molecule has 250 valence electrons. The SMILES string of the molecule is CC1(C)c2ccccc2-c2ccc(-c3cc(-c4nc(-c5ccccc5)nc(-c5ccccc5)n4)cc(-c4nc5ccccc5c5ccncc45)c3)cc21. The standard InChI is InChI=1S/C48H33N5/c1-48(2)41-19-11-9-17-37(41)38-22-21-32(28-42(38)48)33-25-34(44-40-29-49-24-23-36(40)39-18-10-12-20-43(39)50-44)27-35(26-33)47-52-45(30-13-5-3-6-14-30)51-46(53-47)31-15-7-4-8-16-31/h3-29H,1-2H3. The van der Waals surface area contributed by atoms with Crippen molar-refractivity contribution in [3.05, 3.63) is 175 Å². The number of para-hydroxylation sites is 1. The summed E-state index contributed by atoms with van der Waals surface area (Å²) in [4.78, 5) is 25.1. The van der Waals surface area contributed by atoms with Crippen molar-refractivity contribution >= 4 is 21.7 Å². The summed E-state index contributed by atoms with van der Waals surface area (Å²) >= 11 is 0. The minimum Gasteiger partial charge on any atom is -0.264 e. The van der Waals surface area contributed by atoms with E-state index in [-0.39, 0.29) is 5.41 Å². The van der Waals surface area contributed by atoms with E-state index in [2.05, 4.69) is 104 Å². The number of pyridine rings is 2. The molecule has 0 amide bonds. The molecule has 0 radical (unpaired) electrons. The van der Waals surface area contributed by atoms with Crippen LogP contribution >= 0.6 is 0 Å². The molecule has 10 rings (SSSR count). The first kappa shape index (κ1) is 30.9. The Kier molecular flexibility index (Phi) is 7.08. The number of fused-ring (bicyclic) bond motifs is 6. The van der Waals surface area contributed by atoms with Gasteiger partial charge < -0.3 is 0 Å². The van der Waals surface area contributed by atoms with Gasteiger partial charge in [-0.1, -0.05) is 129 Å². The first-order valence-electron chi connectivity index (χ1n) is 17.9. The molecule has 0 saturated carbocycles. The van der Waals surface area contributed by atoms with E-state index < -0.39 is 0 Å². The largest absolute Gasteiger partial charge is 0.264 e. The van der Waals surface area contributed by atoms with Crippen LogP contribution in [0.4, 0.5) is 0 Å². The average molecular weight is 680 g/mol. The molecule has 0 saturated heterocycles. The Bertz CT molecular complexity index is 2810. The average Bonchev–Trinajstić information content (AvgIpc) is 3.46. The lowest BCUT2D eigenvalue weighted by molar-refractivity contribution is 0.660. The lowest BCUT2D eigenvalue weighted by atomic mass is 9.81. The fourth-order valence-electron chi connectivity index (χ4n) is 7.90. The molecule has 0 aliphatic heterocycles. The minimum atomic E-state index is -0.131. The van der Waals surface area contributed by atoms with Crippen molar-refractivity contribution in [2.75, 3.05) is 0 Å². The Hall–Kier alpha value is -6.85. The highest BCUT2D eigenvalue weighted by Crippen LogP contribution is 2.50. The smallest absolute Gasteiger partial charge is 0.164 e. The molecule has 0 atom stereocenters. The van der Waals surface area contributed by atoms with Crippen LogP contribution in [0.25, 0.3) is 89.4 Å². The molecule has 3 heterocycles. The Labute approximate surface area is 307 Å². The Morgan fingerprint density at radius 3 is 1.75 bits per heavy atom. The van der Waals surface area contributed by atoms with Crippen LogP contribution in [0.5, 0.6) is 0 Å². The van der Waals surface area contributed by atoms with E-state index in [0.29, 0.717) is 17.5 Å². The van der Waals surface area contributed by atoms with Gasteiger partial charge in [-0.2, -0.15) is 0 Å². The van der Waals surface area contributed by atoms with Gasteiger partial charge in [0.1, 0.15) is 0 Å². The van der Waals surface area contributed by atoms with Crippen molar-refractivity contribution in [2.24, 2.45) is 0 Å². The number of aromatic nitrogens is 5. The Balaban J connectivity index is 1.24. The topological polar surface area (TPSA) is 64.5 Å². The van der Waals surface area contributed by atoms with Crippen LogP contribution < -0.4 is 0 Å².